The maximum Gasteiger partial charge on any atom is 0.321 e. The lowest BCUT2D eigenvalue weighted by atomic mass is 9.91. The van der Waals surface area contributed by atoms with Crippen LogP contribution in [0.5, 0.6) is 0 Å². The van der Waals surface area contributed by atoms with Crippen LogP contribution in [-0.2, 0) is 16.0 Å². The molecule has 2 atom stereocenters. The van der Waals surface area contributed by atoms with E-state index in [0.717, 1.165) is 11.3 Å². The second-order valence-electron chi connectivity index (χ2n) is 6.68. The third kappa shape index (κ3) is 3.06. The summed E-state index contributed by atoms with van der Waals surface area (Å²) in [6, 6.07) is 5.07. The number of likely N-dealkylation sites (tertiary alicyclic amines) is 1. The van der Waals surface area contributed by atoms with Crippen molar-refractivity contribution in [2.75, 3.05) is 30.4 Å². The Morgan fingerprint density at radius 3 is 2.75 bits per heavy atom. The highest BCUT2D eigenvalue weighted by Gasteiger charge is 2.32. The zero-order valence-electron chi connectivity index (χ0n) is 13.8. The maximum atomic E-state index is 12.5. The van der Waals surface area contributed by atoms with E-state index in [1.807, 2.05) is 13.0 Å². The summed E-state index contributed by atoms with van der Waals surface area (Å²) in [5.74, 6) is -1.20. The fraction of sp³-hybridized carbons (Fsp3) is 0.471. The van der Waals surface area contributed by atoms with E-state index in [1.165, 1.54) is 0 Å². The van der Waals surface area contributed by atoms with Crippen LogP contribution < -0.4 is 10.2 Å². The van der Waals surface area contributed by atoms with Gasteiger partial charge in [-0.3, -0.25) is 9.59 Å². The molecular weight excluding hydrogens is 310 g/mol. The molecule has 3 amide bonds. The molecular formula is C17H21N3O4. The molecule has 24 heavy (non-hydrogen) atoms. The quantitative estimate of drug-likeness (QED) is 0.864. The SMILES string of the molecule is CC1CC(C(=O)O)CN(C(=O)Nc2ccc3c(c2)CC(=O)N3C)C1. The number of hydrogen-bond donors (Lipinski definition) is 2. The molecule has 128 valence electrons. The summed E-state index contributed by atoms with van der Waals surface area (Å²) >= 11 is 0. The van der Waals surface area contributed by atoms with E-state index < -0.39 is 11.9 Å². The summed E-state index contributed by atoms with van der Waals surface area (Å²) in [7, 11) is 1.73. The molecule has 0 radical (unpaired) electrons. The molecule has 0 aromatic heterocycles. The van der Waals surface area contributed by atoms with Gasteiger partial charge in [0.25, 0.3) is 0 Å². The van der Waals surface area contributed by atoms with E-state index in [9.17, 15) is 19.5 Å². The molecule has 1 aromatic rings. The number of nitrogens with one attached hydrogen (secondary N) is 1. The number of likely N-dealkylation sites (N-methyl/N-ethyl adjacent to an activating group) is 1. The number of anilines is 2. The van der Waals surface area contributed by atoms with Crippen molar-refractivity contribution < 1.29 is 19.5 Å². The summed E-state index contributed by atoms with van der Waals surface area (Å²) < 4.78 is 0. The number of carbonyl (C=O) groups is 3. The Morgan fingerprint density at radius 1 is 1.29 bits per heavy atom. The van der Waals surface area contributed by atoms with E-state index >= 15 is 0 Å². The molecule has 2 heterocycles. The number of urea groups is 1. The number of benzene rings is 1. The van der Waals surface area contributed by atoms with Crippen LogP contribution in [-0.4, -0.2) is 48.1 Å². The maximum absolute atomic E-state index is 12.5. The van der Waals surface area contributed by atoms with Crippen LogP contribution in [0.2, 0.25) is 0 Å². The predicted molar refractivity (Wildman–Crippen MR) is 89.1 cm³/mol. The molecule has 0 aliphatic carbocycles. The molecule has 2 unspecified atom stereocenters. The van der Waals surface area contributed by atoms with Crippen molar-refractivity contribution in [2.45, 2.75) is 19.8 Å². The van der Waals surface area contributed by atoms with E-state index in [0.29, 0.717) is 25.1 Å². The van der Waals surface area contributed by atoms with E-state index in [4.69, 9.17) is 0 Å². The van der Waals surface area contributed by atoms with Gasteiger partial charge < -0.3 is 20.2 Å². The van der Waals surface area contributed by atoms with Gasteiger partial charge in [-0.1, -0.05) is 6.92 Å². The number of nitrogens with zero attached hydrogens (tertiary/aromatic N) is 2. The van der Waals surface area contributed by atoms with Gasteiger partial charge in [0.15, 0.2) is 0 Å². The van der Waals surface area contributed by atoms with Gasteiger partial charge in [-0.05, 0) is 36.1 Å². The van der Waals surface area contributed by atoms with Gasteiger partial charge in [-0.15, -0.1) is 0 Å². The first-order valence-corrected chi connectivity index (χ1v) is 8.03. The van der Waals surface area contributed by atoms with Crippen LogP contribution in [0.4, 0.5) is 16.2 Å². The smallest absolute Gasteiger partial charge is 0.321 e. The Labute approximate surface area is 140 Å². The van der Waals surface area contributed by atoms with E-state index in [2.05, 4.69) is 5.32 Å². The highest BCUT2D eigenvalue weighted by molar-refractivity contribution is 6.01. The Morgan fingerprint density at radius 2 is 2.04 bits per heavy atom. The highest BCUT2D eigenvalue weighted by atomic mass is 16.4. The molecule has 7 nitrogen and oxygen atoms in total. The number of amides is 3. The second-order valence-corrected chi connectivity index (χ2v) is 6.68. The van der Waals surface area contributed by atoms with Crippen molar-refractivity contribution in [2.24, 2.45) is 11.8 Å². The molecule has 1 saturated heterocycles. The topological polar surface area (TPSA) is 90.0 Å². The third-order valence-corrected chi connectivity index (χ3v) is 4.70. The van der Waals surface area contributed by atoms with Crippen molar-refractivity contribution in [1.82, 2.24) is 4.90 Å². The van der Waals surface area contributed by atoms with Crippen molar-refractivity contribution in [3.63, 3.8) is 0 Å². The number of carboxylic acids is 1. The van der Waals surface area contributed by atoms with Crippen LogP contribution in [0.15, 0.2) is 18.2 Å². The average Bonchev–Trinajstić information content (AvgIpc) is 2.81. The Kier molecular flexibility index (Phi) is 4.17. The van der Waals surface area contributed by atoms with Crippen LogP contribution in [0.3, 0.4) is 0 Å². The fourth-order valence-corrected chi connectivity index (χ4v) is 3.45. The molecule has 0 spiro atoms. The van der Waals surface area contributed by atoms with Gasteiger partial charge >= 0.3 is 12.0 Å². The average molecular weight is 331 g/mol. The van der Waals surface area contributed by atoms with Crippen LogP contribution in [0, 0.1) is 11.8 Å². The number of carbonyl (C=O) groups excluding carboxylic acids is 2. The monoisotopic (exact) mass is 331 g/mol. The number of rotatable bonds is 2. The Hall–Kier alpha value is -2.57. The number of piperidine rings is 1. The second kappa shape index (κ2) is 6.14. The molecule has 0 saturated carbocycles. The summed E-state index contributed by atoms with van der Waals surface area (Å²) in [6.07, 6.45) is 0.920. The summed E-state index contributed by atoms with van der Waals surface area (Å²) in [6.45, 7) is 2.71. The fourth-order valence-electron chi connectivity index (χ4n) is 3.45. The van der Waals surface area contributed by atoms with Crippen molar-refractivity contribution in [1.29, 1.82) is 0 Å². The first-order chi connectivity index (χ1) is 11.3. The van der Waals surface area contributed by atoms with Gasteiger partial charge in [-0.2, -0.15) is 0 Å². The molecule has 1 fully saturated rings. The molecule has 1 aromatic carbocycles. The van der Waals surface area contributed by atoms with Crippen molar-refractivity contribution >= 4 is 29.3 Å². The zero-order chi connectivity index (χ0) is 17.4. The largest absolute Gasteiger partial charge is 0.481 e. The molecule has 0 bridgehead atoms. The molecule has 2 N–H and O–H groups in total. The van der Waals surface area contributed by atoms with Gasteiger partial charge in [0.05, 0.1) is 12.3 Å². The van der Waals surface area contributed by atoms with Crippen molar-refractivity contribution in [3.05, 3.63) is 23.8 Å². The number of hydrogen-bond acceptors (Lipinski definition) is 3. The lowest BCUT2D eigenvalue weighted by Gasteiger charge is -2.34. The molecule has 2 aliphatic rings. The lowest BCUT2D eigenvalue weighted by Crippen LogP contribution is -2.47. The van der Waals surface area contributed by atoms with Gasteiger partial charge in [0.1, 0.15) is 0 Å². The highest BCUT2D eigenvalue weighted by Crippen LogP contribution is 2.30. The van der Waals surface area contributed by atoms with E-state index in [-0.39, 0.29) is 24.4 Å². The normalized spacial score (nSPS) is 23.2. The number of fused-ring (bicyclic) bond motifs is 1. The van der Waals surface area contributed by atoms with Crippen LogP contribution in [0.1, 0.15) is 18.9 Å². The first kappa shape index (κ1) is 16.3. The lowest BCUT2D eigenvalue weighted by molar-refractivity contribution is -0.143. The molecule has 2 aliphatic heterocycles. The van der Waals surface area contributed by atoms with Crippen LogP contribution in [0.25, 0.3) is 0 Å². The van der Waals surface area contributed by atoms with Gasteiger partial charge in [-0.25, -0.2) is 4.79 Å². The summed E-state index contributed by atoms with van der Waals surface area (Å²) in [5, 5.41) is 12.0. The number of aliphatic carboxylic acids is 1. The zero-order valence-corrected chi connectivity index (χ0v) is 13.8. The standard InChI is InChI=1S/C17H21N3O4/c1-10-5-12(16(22)23)9-20(8-10)17(24)18-13-3-4-14-11(6-13)7-15(21)19(14)2/h3-4,6,10,12H,5,7-9H2,1-2H3,(H,18,24)(H,22,23). The predicted octanol–water partition coefficient (Wildman–Crippen LogP) is 1.78. The Balaban J connectivity index is 1.70. The minimum atomic E-state index is -0.863. The van der Waals surface area contributed by atoms with Gasteiger partial charge in [0.2, 0.25) is 5.91 Å². The van der Waals surface area contributed by atoms with Gasteiger partial charge in [0, 0.05) is 31.5 Å². The van der Waals surface area contributed by atoms with E-state index in [1.54, 1.807) is 29.0 Å². The van der Waals surface area contributed by atoms with Crippen LogP contribution >= 0.6 is 0 Å². The minimum Gasteiger partial charge on any atom is -0.481 e. The number of carboxylic acid groups (broad SMARTS) is 1. The first-order valence-electron chi connectivity index (χ1n) is 8.03. The van der Waals surface area contributed by atoms with Crippen molar-refractivity contribution in [3.8, 4) is 0 Å². The third-order valence-electron chi connectivity index (χ3n) is 4.70. The summed E-state index contributed by atoms with van der Waals surface area (Å²) in [5.41, 5.74) is 2.36. The minimum absolute atomic E-state index is 0.0302. The Bertz CT molecular complexity index is 703. The summed E-state index contributed by atoms with van der Waals surface area (Å²) in [4.78, 5) is 38.6. The molecule has 3 rings (SSSR count). The molecule has 7 heteroatoms.